The lowest BCUT2D eigenvalue weighted by Gasteiger charge is -2.26. The summed E-state index contributed by atoms with van der Waals surface area (Å²) in [4.78, 5) is 0. The van der Waals surface area contributed by atoms with Crippen LogP contribution in [0.3, 0.4) is 0 Å². The predicted octanol–water partition coefficient (Wildman–Crippen LogP) is -0.0411. The van der Waals surface area contributed by atoms with Crippen LogP contribution < -0.4 is 5.32 Å². The molecule has 1 fully saturated rings. The van der Waals surface area contributed by atoms with E-state index in [9.17, 15) is 0 Å². The molecule has 1 N–H and O–H groups in total. The molecule has 1 aromatic rings. The summed E-state index contributed by atoms with van der Waals surface area (Å²) in [5.41, 5.74) is 0.911. The van der Waals surface area contributed by atoms with Crippen LogP contribution in [0.15, 0.2) is 6.20 Å². The summed E-state index contributed by atoms with van der Waals surface area (Å²) >= 11 is 0. The number of hydrogen-bond acceptors (Lipinski definition) is 4. The number of ether oxygens (including phenoxy) is 1. The molecule has 0 saturated carbocycles. The van der Waals surface area contributed by atoms with Gasteiger partial charge in [-0.15, -0.1) is 5.10 Å². The molecule has 0 atom stereocenters. The molecule has 0 spiro atoms. The quantitative estimate of drug-likeness (QED) is 0.710. The van der Waals surface area contributed by atoms with Gasteiger partial charge in [0, 0.05) is 19.7 Å². The van der Waals surface area contributed by atoms with E-state index in [0.29, 0.717) is 12.6 Å². The van der Waals surface area contributed by atoms with Crippen LogP contribution in [0.1, 0.15) is 18.7 Å². The Balaban J connectivity index is 1.92. The van der Waals surface area contributed by atoms with Gasteiger partial charge in [0.25, 0.3) is 0 Å². The molecule has 72 valence electrons. The molecule has 0 bridgehead atoms. The van der Waals surface area contributed by atoms with Crippen LogP contribution in [0.5, 0.6) is 0 Å². The largest absolute Gasteiger partial charge is 0.375 e. The SMILES string of the molecule is CCOCc1cn(C2CNC2)nn1. The second-order valence-electron chi connectivity index (χ2n) is 3.14. The van der Waals surface area contributed by atoms with Gasteiger partial charge in [-0.3, -0.25) is 0 Å². The minimum atomic E-state index is 0.489. The molecule has 0 amide bonds. The summed E-state index contributed by atoms with van der Waals surface area (Å²) < 4.78 is 7.14. The molecule has 13 heavy (non-hydrogen) atoms. The zero-order chi connectivity index (χ0) is 9.10. The van der Waals surface area contributed by atoms with Crippen LogP contribution in [0.2, 0.25) is 0 Å². The van der Waals surface area contributed by atoms with E-state index in [2.05, 4.69) is 15.6 Å². The zero-order valence-electron chi connectivity index (χ0n) is 7.73. The first kappa shape index (κ1) is 8.65. The van der Waals surface area contributed by atoms with Crippen molar-refractivity contribution in [3.63, 3.8) is 0 Å². The molecule has 5 heteroatoms. The maximum atomic E-state index is 5.23. The van der Waals surface area contributed by atoms with E-state index in [0.717, 1.165) is 25.4 Å². The van der Waals surface area contributed by atoms with Crippen molar-refractivity contribution in [1.82, 2.24) is 20.3 Å². The molecule has 1 aromatic heterocycles. The second-order valence-corrected chi connectivity index (χ2v) is 3.14. The van der Waals surface area contributed by atoms with E-state index in [1.54, 1.807) is 0 Å². The average Bonchev–Trinajstić information content (AvgIpc) is 2.46. The van der Waals surface area contributed by atoms with Crippen molar-refractivity contribution in [2.24, 2.45) is 0 Å². The van der Waals surface area contributed by atoms with Gasteiger partial charge in [-0.05, 0) is 6.92 Å². The third kappa shape index (κ3) is 1.87. The lowest BCUT2D eigenvalue weighted by atomic mass is 10.2. The Kier molecular flexibility index (Phi) is 2.56. The molecule has 0 unspecified atom stereocenters. The van der Waals surface area contributed by atoms with Crippen molar-refractivity contribution >= 4 is 0 Å². The Hall–Kier alpha value is -0.940. The number of nitrogens with zero attached hydrogens (tertiary/aromatic N) is 3. The molecule has 1 saturated heterocycles. The van der Waals surface area contributed by atoms with E-state index in [1.807, 2.05) is 17.8 Å². The first-order valence-corrected chi connectivity index (χ1v) is 4.59. The monoisotopic (exact) mass is 182 g/mol. The highest BCUT2D eigenvalue weighted by atomic mass is 16.5. The van der Waals surface area contributed by atoms with E-state index >= 15 is 0 Å². The first-order valence-electron chi connectivity index (χ1n) is 4.59. The number of nitrogens with one attached hydrogen (secondary N) is 1. The molecule has 0 aromatic carbocycles. The van der Waals surface area contributed by atoms with Crippen LogP contribution in [-0.2, 0) is 11.3 Å². The Morgan fingerprint density at radius 2 is 2.54 bits per heavy atom. The molecular formula is C8H14N4O. The van der Waals surface area contributed by atoms with Crippen molar-refractivity contribution < 1.29 is 4.74 Å². The molecular weight excluding hydrogens is 168 g/mol. The van der Waals surface area contributed by atoms with Crippen molar-refractivity contribution in [2.45, 2.75) is 19.6 Å². The van der Waals surface area contributed by atoms with Gasteiger partial charge in [0.05, 0.1) is 18.8 Å². The smallest absolute Gasteiger partial charge is 0.108 e. The third-order valence-corrected chi connectivity index (χ3v) is 2.15. The molecule has 2 heterocycles. The summed E-state index contributed by atoms with van der Waals surface area (Å²) in [6.07, 6.45) is 1.96. The van der Waals surface area contributed by atoms with Crippen molar-refractivity contribution in [2.75, 3.05) is 19.7 Å². The van der Waals surface area contributed by atoms with Crippen LogP contribution in [0.25, 0.3) is 0 Å². The van der Waals surface area contributed by atoms with Gasteiger partial charge >= 0.3 is 0 Å². The van der Waals surface area contributed by atoms with Gasteiger partial charge < -0.3 is 10.1 Å². The Labute approximate surface area is 77.1 Å². The summed E-state index contributed by atoms with van der Waals surface area (Å²) in [7, 11) is 0. The summed E-state index contributed by atoms with van der Waals surface area (Å²) in [6, 6.07) is 0.489. The fourth-order valence-corrected chi connectivity index (χ4v) is 1.23. The van der Waals surface area contributed by atoms with Crippen LogP contribution in [0, 0.1) is 0 Å². The number of hydrogen-bond donors (Lipinski definition) is 1. The molecule has 1 aliphatic heterocycles. The second kappa shape index (κ2) is 3.85. The highest BCUT2D eigenvalue weighted by Crippen LogP contribution is 2.09. The van der Waals surface area contributed by atoms with Crippen LogP contribution in [0.4, 0.5) is 0 Å². The predicted molar refractivity (Wildman–Crippen MR) is 47.3 cm³/mol. The average molecular weight is 182 g/mol. The summed E-state index contributed by atoms with van der Waals surface area (Å²) in [6.45, 7) is 5.25. The zero-order valence-corrected chi connectivity index (χ0v) is 7.73. The Morgan fingerprint density at radius 3 is 3.15 bits per heavy atom. The lowest BCUT2D eigenvalue weighted by Crippen LogP contribution is -2.43. The molecule has 0 radical (unpaired) electrons. The maximum absolute atomic E-state index is 5.23. The van der Waals surface area contributed by atoms with Crippen molar-refractivity contribution in [3.8, 4) is 0 Å². The van der Waals surface area contributed by atoms with Crippen molar-refractivity contribution in [1.29, 1.82) is 0 Å². The highest BCUT2D eigenvalue weighted by Gasteiger charge is 2.19. The van der Waals surface area contributed by atoms with Gasteiger partial charge in [0.1, 0.15) is 5.69 Å². The highest BCUT2D eigenvalue weighted by molar-refractivity contribution is 4.93. The van der Waals surface area contributed by atoms with Gasteiger partial charge in [0.2, 0.25) is 0 Å². The van der Waals surface area contributed by atoms with Gasteiger partial charge in [-0.25, -0.2) is 4.68 Å². The summed E-state index contributed by atoms with van der Waals surface area (Å²) in [5, 5.41) is 11.2. The molecule has 0 aliphatic carbocycles. The summed E-state index contributed by atoms with van der Waals surface area (Å²) in [5.74, 6) is 0. The van der Waals surface area contributed by atoms with E-state index in [4.69, 9.17) is 4.74 Å². The number of aromatic nitrogens is 3. The van der Waals surface area contributed by atoms with E-state index in [-0.39, 0.29) is 0 Å². The van der Waals surface area contributed by atoms with Crippen molar-refractivity contribution in [3.05, 3.63) is 11.9 Å². The number of rotatable bonds is 4. The van der Waals surface area contributed by atoms with E-state index in [1.165, 1.54) is 0 Å². The van der Waals surface area contributed by atoms with E-state index < -0.39 is 0 Å². The first-order chi connectivity index (χ1) is 6.40. The van der Waals surface area contributed by atoms with Gasteiger partial charge in [0.15, 0.2) is 0 Å². The van der Waals surface area contributed by atoms with Gasteiger partial charge in [-0.2, -0.15) is 0 Å². The molecule has 2 rings (SSSR count). The minimum absolute atomic E-state index is 0.489. The lowest BCUT2D eigenvalue weighted by molar-refractivity contribution is 0.131. The Bertz CT molecular complexity index is 269. The standard InChI is InChI=1S/C8H14N4O/c1-2-13-6-7-5-12(11-10-7)8-3-9-4-8/h5,8-9H,2-4,6H2,1H3. The third-order valence-electron chi connectivity index (χ3n) is 2.15. The van der Waals surface area contributed by atoms with Gasteiger partial charge in [-0.1, -0.05) is 5.21 Å². The maximum Gasteiger partial charge on any atom is 0.108 e. The molecule has 5 nitrogen and oxygen atoms in total. The minimum Gasteiger partial charge on any atom is -0.375 e. The normalized spacial score (nSPS) is 17.3. The fraction of sp³-hybridized carbons (Fsp3) is 0.750. The fourth-order valence-electron chi connectivity index (χ4n) is 1.23. The van der Waals surface area contributed by atoms with Crippen LogP contribution >= 0.6 is 0 Å². The Morgan fingerprint density at radius 1 is 1.69 bits per heavy atom. The topological polar surface area (TPSA) is 52.0 Å². The van der Waals surface area contributed by atoms with Crippen LogP contribution in [-0.4, -0.2) is 34.7 Å². The molecule has 1 aliphatic rings.